The van der Waals surface area contributed by atoms with Crippen molar-refractivity contribution >= 4 is 21.8 Å². The molecule has 120 valence electrons. The van der Waals surface area contributed by atoms with Crippen LogP contribution < -0.4 is 0 Å². The Labute approximate surface area is 124 Å². The number of amides is 2. The van der Waals surface area contributed by atoms with E-state index in [0.717, 1.165) is 12.8 Å². The number of hydrogen-bond donors (Lipinski definition) is 1. The summed E-state index contributed by atoms with van der Waals surface area (Å²) in [7, 11) is -3.10. The standard InChI is InChI=1S/C13H22N2O5S/c1-10-9-21(19,20)8-7-14(10)12(18)15-6-4-3-5-13(15,2)11(16)17/h10H,3-9H2,1-2H3,(H,16,17). The van der Waals surface area contributed by atoms with Crippen molar-refractivity contribution in [2.45, 2.75) is 44.7 Å². The van der Waals surface area contributed by atoms with Crippen LogP contribution in [0, 0.1) is 0 Å². The lowest BCUT2D eigenvalue weighted by Gasteiger charge is -2.45. The molecular weight excluding hydrogens is 296 g/mol. The van der Waals surface area contributed by atoms with E-state index in [1.54, 1.807) is 13.8 Å². The van der Waals surface area contributed by atoms with Crippen LogP contribution in [0.2, 0.25) is 0 Å². The van der Waals surface area contributed by atoms with Crippen molar-refractivity contribution in [2.24, 2.45) is 0 Å². The van der Waals surface area contributed by atoms with Crippen molar-refractivity contribution in [2.75, 3.05) is 24.6 Å². The highest BCUT2D eigenvalue weighted by Crippen LogP contribution is 2.30. The first-order valence-electron chi connectivity index (χ1n) is 7.19. The summed E-state index contributed by atoms with van der Waals surface area (Å²) in [4.78, 5) is 27.1. The number of carboxylic acids is 1. The van der Waals surface area contributed by atoms with Crippen LogP contribution in [0.15, 0.2) is 0 Å². The molecule has 2 fully saturated rings. The van der Waals surface area contributed by atoms with Gasteiger partial charge >= 0.3 is 12.0 Å². The normalized spacial score (nSPS) is 32.8. The Morgan fingerprint density at radius 3 is 2.48 bits per heavy atom. The zero-order chi connectivity index (χ0) is 15.8. The Morgan fingerprint density at radius 2 is 1.90 bits per heavy atom. The fourth-order valence-corrected chi connectivity index (χ4v) is 4.64. The molecule has 0 saturated carbocycles. The second-order valence-electron chi connectivity index (χ2n) is 6.13. The van der Waals surface area contributed by atoms with E-state index in [0.29, 0.717) is 13.0 Å². The lowest BCUT2D eigenvalue weighted by Crippen LogP contribution is -2.63. The molecule has 2 aliphatic heterocycles. The molecule has 2 amide bonds. The lowest BCUT2D eigenvalue weighted by molar-refractivity contribution is -0.150. The van der Waals surface area contributed by atoms with Crippen LogP contribution in [0.25, 0.3) is 0 Å². The number of rotatable bonds is 1. The average molecular weight is 318 g/mol. The summed E-state index contributed by atoms with van der Waals surface area (Å²) in [5.74, 6) is -1.12. The van der Waals surface area contributed by atoms with Gasteiger partial charge in [-0.15, -0.1) is 0 Å². The highest BCUT2D eigenvalue weighted by Gasteiger charge is 2.46. The Bertz CT molecular complexity index is 547. The van der Waals surface area contributed by atoms with Gasteiger partial charge in [-0.2, -0.15) is 0 Å². The van der Waals surface area contributed by atoms with E-state index in [9.17, 15) is 23.1 Å². The van der Waals surface area contributed by atoms with Gasteiger partial charge in [-0.25, -0.2) is 18.0 Å². The van der Waals surface area contributed by atoms with Gasteiger partial charge in [0, 0.05) is 19.1 Å². The molecule has 0 bridgehead atoms. The van der Waals surface area contributed by atoms with Crippen LogP contribution in [-0.4, -0.2) is 71.5 Å². The minimum absolute atomic E-state index is 0.0549. The van der Waals surface area contributed by atoms with E-state index < -0.39 is 27.4 Å². The van der Waals surface area contributed by atoms with Crippen LogP contribution in [0.3, 0.4) is 0 Å². The van der Waals surface area contributed by atoms with Crippen LogP contribution in [0.1, 0.15) is 33.1 Å². The van der Waals surface area contributed by atoms with Crippen molar-refractivity contribution in [1.82, 2.24) is 9.80 Å². The van der Waals surface area contributed by atoms with Gasteiger partial charge in [0.15, 0.2) is 9.84 Å². The Hall–Kier alpha value is -1.31. The average Bonchev–Trinajstić information content (AvgIpc) is 2.37. The second-order valence-corrected chi connectivity index (χ2v) is 8.36. The number of hydrogen-bond acceptors (Lipinski definition) is 4. The predicted octanol–water partition coefficient (Wildman–Crippen LogP) is 0.555. The maximum Gasteiger partial charge on any atom is 0.329 e. The molecule has 7 nitrogen and oxygen atoms in total. The van der Waals surface area contributed by atoms with Crippen LogP contribution in [0.4, 0.5) is 4.79 Å². The summed E-state index contributed by atoms with van der Waals surface area (Å²) < 4.78 is 23.2. The fourth-order valence-electron chi connectivity index (χ4n) is 3.09. The van der Waals surface area contributed by atoms with Crippen LogP contribution in [-0.2, 0) is 14.6 Å². The summed E-state index contributed by atoms with van der Waals surface area (Å²) in [5.41, 5.74) is -1.20. The highest BCUT2D eigenvalue weighted by molar-refractivity contribution is 7.91. The quantitative estimate of drug-likeness (QED) is 0.762. The van der Waals surface area contributed by atoms with Crippen LogP contribution in [0.5, 0.6) is 0 Å². The van der Waals surface area contributed by atoms with Gasteiger partial charge in [-0.1, -0.05) is 0 Å². The van der Waals surface area contributed by atoms with Gasteiger partial charge in [0.25, 0.3) is 0 Å². The second kappa shape index (κ2) is 5.47. The molecule has 0 radical (unpaired) electrons. The maximum atomic E-state index is 12.7. The smallest absolute Gasteiger partial charge is 0.329 e. The first-order valence-corrected chi connectivity index (χ1v) is 9.01. The summed E-state index contributed by atoms with van der Waals surface area (Å²) in [6.45, 7) is 3.79. The molecule has 1 N–H and O–H groups in total. The maximum absolute atomic E-state index is 12.7. The highest BCUT2D eigenvalue weighted by atomic mass is 32.2. The lowest BCUT2D eigenvalue weighted by atomic mass is 9.88. The van der Waals surface area contributed by atoms with E-state index >= 15 is 0 Å². The number of carbonyl (C=O) groups excluding carboxylic acids is 1. The molecule has 0 aromatic heterocycles. The van der Waals surface area contributed by atoms with Gasteiger partial charge < -0.3 is 14.9 Å². The number of piperidine rings is 1. The minimum atomic E-state index is -3.10. The number of urea groups is 1. The molecule has 8 heteroatoms. The summed E-state index contributed by atoms with van der Waals surface area (Å²) in [5, 5.41) is 9.46. The van der Waals surface area contributed by atoms with Crippen molar-refractivity contribution in [3.63, 3.8) is 0 Å². The number of sulfone groups is 1. The monoisotopic (exact) mass is 318 g/mol. The van der Waals surface area contributed by atoms with Crippen molar-refractivity contribution in [1.29, 1.82) is 0 Å². The van der Waals surface area contributed by atoms with Gasteiger partial charge in [0.2, 0.25) is 0 Å². The molecule has 0 aliphatic carbocycles. The summed E-state index contributed by atoms with van der Waals surface area (Å²) in [6, 6.07) is -0.779. The third-order valence-electron chi connectivity index (χ3n) is 4.50. The Balaban J connectivity index is 2.20. The van der Waals surface area contributed by atoms with E-state index in [1.165, 1.54) is 9.80 Å². The SMILES string of the molecule is CC1CS(=O)(=O)CCN1C(=O)N1CCCCC1(C)C(=O)O. The van der Waals surface area contributed by atoms with Crippen molar-refractivity contribution < 1.29 is 23.1 Å². The molecule has 2 heterocycles. The predicted molar refractivity (Wildman–Crippen MR) is 76.8 cm³/mol. The number of likely N-dealkylation sites (tertiary alicyclic amines) is 1. The summed E-state index contributed by atoms with van der Waals surface area (Å²) in [6.07, 6.45) is 1.97. The van der Waals surface area contributed by atoms with E-state index in [2.05, 4.69) is 0 Å². The molecule has 2 saturated heterocycles. The molecule has 2 aliphatic rings. The molecule has 2 rings (SSSR count). The third kappa shape index (κ3) is 3.00. The van der Waals surface area contributed by atoms with Crippen molar-refractivity contribution in [3.05, 3.63) is 0 Å². The number of nitrogens with zero attached hydrogens (tertiary/aromatic N) is 2. The number of carboxylic acid groups (broad SMARTS) is 1. The van der Waals surface area contributed by atoms with Crippen LogP contribution >= 0.6 is 0 Å². The van der Waals surface area contributed by atoms with E-state index in [1.807, 2.05) is 0 Å². The molecule has 2 atom stereocenters. The molecular formula is C13H22N2O5S. The first kappa shape index (κ1) is 16.1. The first-order chi connectivity index (χ1) is 9.67. The minimum Gasteiger partial charge on any atom is -0.480 e. The Morgan fingerprint density at radius 1 is 1.24 bits per heavy atom. The third-order valence-corrected chi connectivity index (χ3v) is 6.29. The Kier molecular flexibility index (Phi) is 4.19. The topological polar surface area (TPSA) is 95.0 Å². The zero-order valence-electron chi connectivity index (χ0n) is 12.4. The molecule has 2 unspecified atom stereocenters. The fraction of sp³-hybridized carbons (Fsp3) is 0.846. The largest absolute Gasteiger partial charge is 0.480 e. The molecule has 0 aromatic carbocycles. The molecule has 21 heavy (non-hydrogen) atoms. The number of carbonyl (C=O) groups is 2. The number of aliphatic carboxylic acids is 1. The van der Waals surface area contributed by atoms with E-state index in [-0.39, 0.29) is 24.1 Å². The van der Waals surface area contributed by atoms with Gasteiger partial charge in [0.05, 0.1) is 11.5 Å². The van der Waals surface area contributed by atoms with Gasteiger partial charge in [0.1, 0.15) is 5.54 Å². The summed E-state index contributed by atoms with van der Waals surface area (Å²) >= 11 is 0. The van der Waals surface area contributed by atoms with E-state index in [4.69, 9.17) is 0 Å². The van der Waals surface area contributed by atoms with Crippen molar-refractivity contribution in [3.8, 4) is 0 Å². The molecule has 0 spiro atoms. The van der Waals surface area contributed by atoms with Gasteiger partial charge in [-0.05, 0) is 33.1 Å². The zero-order valence-corrected chi connectivity index (χ0v) is 13.2. The van der Waals surface area contributed by atoms with Gasteiger partial charge in [-0.3, -0.25) is 0 Å². The molecule has 0 aromatic rings.